The van der Waals surface area contributed by atoms with E-state index in [0.717, 1.165) is 0 Å². The van der Waals surface area contributed by atoms with Gasteiger partial charge in [-0.3, -0.25) is 9.59 Å². The van der Waals surface area contributed by atoms with E-state index in [-0.39, 0.29) is 24.7 Å². The van der Waals surface area contributed by atoms with E-state index in [1.165, 1.54) is 11.9 Å². The molecule has 4 nitrogen and oxygen atoms in total. The highest BCUT2D eigenvalue weighted by Gasteiger charge is 2.11. The Labute approximate surface area is 73.7 Å². The number of carbonyl (C=O) groups is 2. The van der Waals surface area contributed by atoms with Crippen LogP contribution in [0.15, 0.2) is 0 Å². The molecule has 2 amide bonds. The lowest BCUT2D eigenvalue weighted by molar-refractivity contribution is -0.133. The maximum atomic E-state index is 11.0. The molecule has 1 N–H and O–H groups in total. The van der Waals surface area contributed by atoms with Gasteiger partial charge in [0.05, 0.1) is 14.4 Å². The van der Waals surface area contributed by atoms with Gasteiger partial charge in [0.2, 0.25) is 11.8 Å². The molecule has 0 saturated heterocycles. The zero-order valence-electron chi connectivity index (χ0n) is 7.46. The Morgan fingerprint density at radius 2 is 2.08 bits per heavy atom. The molecule has 0 aromatic carbocycles. The van der Waals surface area contributed by atoms with E-state index in [0.29, 0.717) is 6.54 Å². The fraction of sp³-hybridized carbons (Fsp3) is 0.714. The average molecular weight is 168 g/mol. The molecule has 2 radical (unpaired) electrons. The zero-order chi connectivity index (χ0) is 9.56. The van der Waals surface area contributed by atoms with Gasteiger partial charge in [0.1, 0.15) is 0 Å². The quantitative estimate of drug-likeness (QED) is 0.557. The van der Waals surface area contributed by atoms with Gasteiger partial charge in [0.15, 0.2) is 0 Å². The summed E-state index contributed by atoms with van der Waals surface area (Å²) in [6.45, 7) is 2.39. The molecule has 0 aromatic heterocycles. The van der Waals surface area contributed by atoms with Gasteiger partial charge in [0.25, 0.3) is 0 Å². The third-order valence-electron chi connectivity index (χ3n) is 1.52. The Balaban J connectivity index is 3.99. The van der Waals surface area contributed by atoms with Gasteiger partial charge < -0.3 is 10.2 Å². The van der Waals surface area contributed by atoms with Crippen LogP contribution in [0.25, 0.3) is 0 Å². The van der Waals surface area contributed by atoms with Crippen molar-refractivity contribution in [3.8, 4) is 0 Å². The zero-order valence-corrected chi connectivity index (χ0v) is 7.46. The first-order chi connectivity index (χ1) is 5.65. The van der Waals surface area contributed by atoms with Gasteiger partial charge in [-0.25, -0.2) is 0 Å². The molecule has 66 valence electrons. The van der Waals surface area contributed by atoms with Crippen molar-refractivity contribution >= 4 is 19.7 Å². The predicted molar refractivity (Wildman–Crippen MR) is 46.9 cm³/mol. The normalized spacial score (nSPS) is 9.17. The molecule has 0 aliphatic carbocycles. The van der Waals surface area contributed by atoms with E-state index in [1.807, 2.05) is 0 Å². The maximum Gasteiger partial charge on any atom is 0.239 e. The molecule has 0 spiro atoms. The molecule has 0 unspecified atom stereocenters. The molecule has 0 bridgehead atoms. The van der Waals surface area contributed by atoms with Crippen LogP contribution in [0, 0.1) is 0 Å². The smallest absolute Gasteiger partial charge is 0.239 e. The van der Waals surface area contributed by atoms with Crippen LogP contribution in [0.1, 0.15) is 6.92 Å². The van der Waals surface area contributed by atoms with Crippen LogP contribution in [0.5, 0.6) is 0 Å². The van der Waals surface area contributed by atoms with Crippen LogP contribution in [-0.4, -0.2) is 44.7 Å². The lowest BCUT2D eigenvalue weighted by Crippen LogP contribution is -2.39. The lowest BCUT2D eigenvalue weighted by atomic mass is 10.0. The Morgan fingerprint density at radius 3 is 2.42 bits per heavy atom. The van der Waals surface area contributed by atoms with Crippen molar-refractivity contribution in [1.82, 2.24) is 10.2 Å². The first kappa shape index (κ1) is 11.0. The summed E-state index contributed by atoms with van der Waals surface area (Å²) in [6, 6.07) is 0. The summed E-state index contributed by atoms with van der Waals surface area (Å²) in [4.78, 5) is 23.3. The van der Waals surface area contributed by atoms with Crippen molar-refractivity contribution in [2.75, 3.05) is 20.1 Å². The topological polar surface area (TPSA) is 49.4 Å². The summed E-state index contributed by atoms with van der Waals surface area (Å²) in [6.07, 6.45) is -0.0508. The average Bonchev–Trinajstić information content (AvgIpc) is 2.12. The fourth-order valence-electron chi connectivity index (χ4n) is 0.758. The number of rotatable bonds is 4. The molecule has 0 aliphatic rings. The van der Waals surface area contributed by atoms with Crippen molar-refractivity contribution in [3.63, 3.8) is 0 Å². The summed E-state index contributed by atoms with van der Waals surface area (Å²) in [5, 5.41) is 2.44. The minimum atomic E-state index is -0.207. The van der Waals surface area contributed by atoms with Crippen molar-refractivity contribution in [3.05, 3.63) is 0 Å². The van der Waals surface area contributed by atoms with E-state index < -0.39 is 0 Å². The van der Waals surface area contributed by atoms with Crippen molar-refractivity contribution in [2.45, 2.75) is 13.2 Å². The maximum absolute atomic E-state index is 11.0. The minimum Gasteiger partial charge on any atom is -0.358 e. The first-order valence-corrected chi connectivity index (χ1v) is 3.84. The minimum absolute atomic E-state index is 0.0508. The molecule has 0 aliphatic heterocycles. The molecule has 0 aromatic rings. The summed E-state index contributed by atoms with van der Waals surface area (Å²) in [7, 11) is 6.67. The highest BCUT2D eigenvalue weighted by atomic mass is 16.2. The number of carbonyl (C=O) groups excluding carboxylic acids is 2. The molecule has 0 heterocycles. The number of likely N-dealkylation sites (N-methyl/N-ethyl adjacent to an activating group) is 2. The van der Waals surface area contributed by atoms with E-state index in [9.17, 15) is 9.59 Å². The molecule has 0 fully saturated rings. The second kappa shape index (κ2) is 5.63. The molecular weight excluding hydrogens is 155 g/mol. The summed E-state index contributed by atoms with van der Waals surface area (Å²) >= 11 is 0. The number of amides is 2. The van der Waals surface area contributed by atoms with Gasteiger partial charge in [-0.2, -0.15) is 0 Å². The van der Waals surface area contributed by atoms with Crippen LogP contribution < -0.4 is 5.32 Å². The SMILES string of the molecule is [B]CC(=O)N(CC)CC(=O)NC. The molecule has 0 rings (SSSR count). The van der Waals surface area contributed by atoms with Gasteiger partial charge in [-0.15, -0.1) is 0 Å². The van der Waals surface area contributed by atoms with Gasteiger partial charge in [0, 0.05) is 13.6 Å². The fourth-order valence-corrected chi connectivity index (χ4v) is 0.758. The molecule has 12 heavy (non-hydrogen) atoms. The van der Waals surface area contributed by atoms with E-state index in [4.69, 9.17) is 7.85 Å². The first-order valence-electron chi connectivity index (χ1n) is 3.84. The molecule has 0 saturated carbocycles. The van der Waals surface area contributed by atoms with E-state index in [2.05, 4.69) is 5.32 Å². The monoisotopic (exact) mass is 168 g/mol. The number of nitrogens with zero attached hydrogens (tertiary/aromatic N) is 1. The molecule has 0 atom stereocenters. The summed E-state index contributed by atoms with van der Waals surface area (Å²) in [5.41, 5.74) is 0. The molecular formula is C7H13BN2O2. The van der Waals surface area contributed by atoms with Crippen molar-refractivity contribution < 1.29 is 9.59 Å². The number of hydrogen-bond acceptors (Lipinski definition) is 2. The standard InChI is InChI=1S/C7H13BN2O2/c1-3-10(7(12)4-8)5-6(11)9-2/h3-5H2,1-2H3,(H,9,11). The highest BCUT2D eigenvalue weighted by Crippen LogP contribution is 1.91. The lowest BCUT2D eigenvalue weighted by Gasteiger charge is -2.18. The summed E-state index contributed by atoms with van der Waals surface area (Å²) < 4.78 is 0. The van der Waals surface area contributed by atoms with Crippen LogP contribution in [0.3, 0.4) is 0 Å². The van der Waals surface area contributed by atoms with Gasteiger partial charge in [-0.1, -0.05) is 0 Å². The Bertz CT molecular complexity index is 173. The third kappa shape index (κ3) is 3.41. The van der Waals surface area contributed by atoms with Crippen LogP contribution in [-0.2, 0) is 9.59 Å². The van der Waals surface area contributed by atoms with Crippen LogP contribution in [0.4, 0.5) is 0 Å². The highest BCUT2D eigenvalue weighted by molar-refractivity contribution is 6.19. The van der Waals surface area contributed by atoms with E-state index >= 15 is 0 Å². The van der Waals surface area contributed by atoms with Gasteiger partial charge >= 0.3 is 0 Å². The van der Waals surface area contributed by atoms with Crippen molar-refractivity contribution in [1.29, 1.82) is 0 Å². The number of nitrogens with one attached hydrogen (secondary N) is 1. The van der Waals surface area contributed by atoms with Crippen molar-refractivity contribution in [2.24, 2.45) is 0 Å². The van der Waals surface area contributed by atoms with Crippen LogP contribution in [0.2, 0.25) is 6.32 Å². The second-order valence-corrected chi connectivity index (χ2v) is 2.29. The Kier molecular flexibility index (Phi) is 5.16. The second-order valence-electron chi connectivity index (χ2n) is 2.29. The van der Waals surface area contributed by atoms with Crippen LogP contribution >= 0.6 is 0 Å². The third-order valence-corrected chi connectivity index (χ3v) is 1.52. The Morgan fingerprint density at radius 1 is 1.50 bits per heavy atom. The number of hydrogen-bond donors (Lipinski definition) is 1. The predicted octanol–water partition coefficient (Wildman–Crippen LogP) is -0.832. The van der Waals surface area contributed by atoms with Gasteiger partial charge in [-0.05, 0) is 13.2 Å². The molecule has 5 heteroatoms. The largest absolute Gasteiger partial charge is 0.358 e. The van der Waals surface area contributed by atoms with E-state index in [1.54, 1.807) is 6.92 Å². The summed E-state index contributed by atoms with van der Waals surface area (Å²) in [5.74, 6) is -0.389. The Hall–Kier alpha value is -0.995.